The Labute approximate surface area is 318 Å². The molecule has 0 spiro atoms. The lowest BCUT2D eigenvalue weighted by atomic mass is 9.99. The molecular formula is C33H54N10O10S. The molecule has 16 N–H and O–H groups in total. The molecule has 0 fully saturated rings. The maximum Gasteiger partial charge on any atom is 0.326 e. The number of carbonyl (C=O) groups excluding carboxylic acids is 5. The topological polar surface area (TPSA) is 354 Å². The molecule has 0 heterocycles. The molecule has 5 amide bonds. The van der Waals surface area contributed by atoms with Crippen LogP contribution in [0.25, 0.3) is 0 Å². The van der Waals surface area contributed by atoms with Crippen molar-refractivity contribution in [1.82, 2.24) is 31.9 Å². The summed E-state index contributed by atoms with van der Waals surface area (Å²) in [7, 11) is 0. The van der Waals surface area contributed by atoms with Gasteiger partial charge in [0.05, 0.1) is 12.5 Å². The first kappa shape index (κ1) is 46.9. The number of rotatable bonds is 25. The van der Waals surface area contributed by atoms with E-state index in [1.54, 1.807) is 13.8 Å². The average Bonchev–Trinajstić information content (AvgIpc) is 3.09. The van der Waals surface area contributed by atoms with Crippen molar-refractivity contribution >= 4 is 60.1 Å². The van der Waals surface area contributed by atoms with Crippen LogP contribution in [0.5, 0.6) is 5.75 Å². The number of carbonyl (C=O) groups is 7. The lowest BCUT2D eigenvalue weighted by molar-refractivity contribution is -0.142. The third-order valence-electron chi connectivity index (χ3n) is 7.98. The van der Waals surface area contributed by atoms with E-state index in [4.69, 9.17) is 27.7 Å². The Morgan fingerprint density at radius 3 is 1.83 bits per heavy atom. The molecule has 0 aliphatic heterocycles. The highest BCUT2D eigenvalue weighted by Gasteiger charge is 2.34. The van der Waals surface area contributed by atoms with Crippen LogP contribution in [-0.4, -0.2) is 118 Å². The Bertz CT molecular complexity index is 1450. The SMILES string of the molecule is CC(C)[C@H](NC(=O)[C@H](CCCNC(=N)N)NC(=O)[C@H](N)CC(=O)O)C(=O)N[C@@H](Cc1ccc(O)cc1)C(=O)N[C@@H](CS)C(=O)N[C@@H](CCCCN)C(=O)O. The van der Waals surface area contributed by atoms with Crippen molar-refractivity contribution in [3.63, 3.8) is 0 Å². The summed E-state index contributed by atoms with van der Waals surface area (Å²) >= 11 is 4.16. The number of nitrogens with one attached hydrogen (secondary N) is 7. The first-order valence-electron chi connectivity index (χ1n) is 17.3. The van der Waals surface area contributed by atoms with E-state index in [-0.39, 0.29) is 49.7 Å². The van der Waals surface area contributed by atoms with Crippen LogP contribution in [0.15, 0.2) is 24.3 Å². The van der Waals surface area contributed by atoms with E-state index in [0.29, 0.717) is 24.9 Å². The fourth-order valence-corrected chi connectivity index (χ4v) is 5.23. The summed E-state index contributed by atoms with van der Waals surface area (Å²) in [6.45, 7) is 3.71. The lowest BCUT2D eigenvalue weighted by Crippen LogP contribution is -2.61. The summed E-state index contributed by atoms with van der Waals surface area (Å²) in [5.74, 6) is -8.05. The molecule has 0 aromatic heterocycles. The average molecular weight is 783 g/mol. The maximum atomic E-state index is 13.8. The van der Waals surface area contributed by atoms with Crippen molar-refractivity contribution < 1.29 is 48.9 Å². The van der Waals surface area contributed by atoms with Gasteiger partial charge in [-0.1, -0.05) is 26.0 Å². The third-order valence-corrected chi connectivity index (χ3v) is 8.35. The fraction of sp³-hybridized carbons (Fsp3) is 0.576. The number of unbranched alkanes of at least 4 members (excludes halogenated alkanes) is 1. The molecule has 302 valence electrons. The van der Waals surface area contributed by atoms with Gasteiger partial charge in [-0.3, -0.25) is 34.2 Å². The predicted molar refractivity (Wildman–Crippen MR) is 200 cm³/mol. The number of carboxylic acids is 2. The molecule has 54 heavy (non-hydrogen) atoms. The van der Waals surface area contributed by atoms with Gasteiger partial charge in [-0.25, -0.2) is 4.79 Å². The van der Waals surface area contributed by atoms with E-state index in [1.807, 2.05) is 0 Å². The second-order valence-corrected chi connectivity index (χ2v) is 13.2. The van der Waals surface area contributed by atoms with E-state index in [0.717, 1.165) is 0 Å². The highest BCUT2D eigenvalue weighted by atomic mass is 32.1. The summed E-state index contributed by atoms with van der Waals surface area (Å²) in [4.78, 5) is 89.6. The molecule has 20 nitrogen and oxygen atoms in total. The number of phenols is 1. The Kier molecular flexibility index (Phi) is 21.0. The number of aliphatic carboxylic acids is 2. The Morgan fingerprint density at radius 1 is 0.759 bits per heavy atom. The first-order valence-corrected chi connectivity index (χ1v) is 17.9. The molecule has 0 radical (unpaired) electrons. The minimum absolute atomic E-state index is 0.0289. The number of carboxylic acid groups (broad SMARTS) is 2. The number of amides is 5. The van der Waals surface area contributed by atoms with Crippen LogP contribution >= 0.6 is 12.6 Å². The van der Waals surface area contributed by atoms with Gasteiger partial charge in [0.25, 0.3) is 0 Å². The number of hydrogen-bond donors (Lipinski definition) is 14. The maximum absolute atomic E-state index is 13.8. The van der Waals surface area contributed by atoms with Gasteiger partial charge in [0.2, 0.25) is 29.5 Å². The molecule has 1 rings (SSSR count). The van der Waals surface area contributed by atoms with Crippen molar-refractivity contribution in [2.75, 3.05) is 18.8 Å². The van der Waals surface area contributed by atoms with Gasteiger partial charge in [-0.2, -0.15) is 12.6 Å². The summed E-state index contributed by atoms with van der Waals surface area (Å²) in [6, 6.07) is -2.24. The van der Waals surface area contributed by atoms with Crippen LogP contribution in [-0.2, 0) is 40.0 Å². The number of thiol groups is 1. The standard InChI is InChI=1S/C33H54N10O10S/c1-17(2)26(43-28(48)21(7-5-13-38-33(36)37)39-27(47)20(35)15-25(45)46)31(51)41-23(14-18-8-10-19(44)11-9-18)29(49)42-24(16-54)30(50)40-22(32(52)53)6-3-4-12-34/h8-11,17,20-24,26,44,54H,3-7,12-16,34-35H2,1-2H3,(H,39,47)(H,40,50)(H,41,51)(H,42,49)(H,43,48)(H,45,46)(H,52,53)(H4,36,37,38)/t20-,21+,22+,23+,24+,26+/m1/s1. The van der Waals surface area contributed by atoms with E-state index in [1.165, 1.54) is 24.3 Å². The lowest BCUT2D eigenvalue weighted by Gasteiger charge is -2.28. The van der Waals surface area contributed by atoms with Crippen LogP contribution in [0, 0.1) is 11.3 Å². The van der Waals surface area contributed by atoms with Crippen molar-refractivity contribution in [3.8, 4) is 5.75 Å². The molecule has 21 heteroatoms. The highest BCUT2D eigenvalue weighted by molar-refractivity contribution is 7.80. The highest BCUT2D eigenvalue weighted by Crippen LogP contribution is 2.13. The summed E-state index contributed by atoms with van der Waals surface area (Å²) < 4.78 is 0. The monoisotopic (exact) mass is 782 g/mol. The number of nitrogens with two attached hydrogens (primary N) is 3. The normalized spacial score (nSPS) is 14.3. The zero-order chi connectivity index (χ0) is 41.0. The molecule has 1 aromatic carbocycles. The zero-order valence-corrected chi connectivity index (χ0v) is 31.2. The van der Waals surface area contributed by atoms with Gasteiger partial charge < -0.3 is 64.4 Å². The van der Waals surface area contributed by atoms with Gasteiger partial charge in [0, 0.05) is 18.7 Å². The van der Waals surface area contributed by atoms with Crippen molar-refractivity contribution in [3.05, 3.63) is 29.8 Å². The molecule has 0 saturated heterocycles. The Hall–Kier alpha value is -5.15. The van der Waals surface area contributed by atoms with E-state index in [9.17, 15) is 43.8 Å². The number of guanidine groups is 1. The molecule has 0 saturated carbocycles. The van der Waals surface area contributed by atoms with Crippen LogP contribution in [0.4, 0.5) is 0 Å². The number of hydrogen-bond acceptors (Lipinski definition) is 12. The second-order valence-electron chi connectivity index (χ2n) is 12.8. The second kappa shape index (κ2) is 24.2. The Balaban J connectivity index is 3.29. The zero-order valence-electron chi connectivity index (χ0n) is 30.3. The van der Waals surface area contributed by atoms with Gasteiger partial charge in [-0.15, -0.1) is 0 Å². The molecule has 1 aromatic rings. The number of aromatic hydroxyl groups is 1. The van der Waals surface area contributed by atoms with Gasteiger partial charge in [-0.05, 0) is 62.3 Å². The summed E-state index contributed by atoms with van der Waals surface area (Å²) in [6.07, 6.45) is 0.400. The third kappa shape index (κ3) is 17.6. The van der Waals surface area contributed by atoms with Crippen LogP contribution in [0.3, 0.4) is 0 Å². The van der Waals surface area contributed by atoms with Crippen molar-refractivity contribution in [2.45, 2.75) is 95.0 Å². The molecule has 0 aliphatic carbocycles. The molecule has 0 bridgehead atoms. The smallest absolute Gasteiger partial charge is 0.326 e. The number of phenolic OH excluding ortho intramolecular Hbond substituents is 1. The molecule has 0 unspecified atom stereocenters. The quantitative estimate of drug-likeness (QED) is 0.0207. The van der Waals surface area contributed by atoms with Crippen LogP contribution < -0.4 is 49.1 Å². The predicted octanol–water partition coefficient (Wildman–Crippen LogP) is -2.78. The van der Waals surface area contributed by atoms with E-state index < -0.39 is 90.1 Å². The van der Waals surface area contributed by atoms with E-state index in [2.05, 4.69) is 44.5 Å². The van der Waals surface area contributed by atoms with E-state index >= 15 is 0 Å². The van der Waals surface area contributed by atoms with Gasteiger partial charge in [0.15, 0.2) is 5.96 Å². The van der Waals surface area contributed by atoms with Crippen molar-refractivity contribution in [1.29, 1.82) is 5.41 Å². The minimum Gasteiger partial charge on any atom is -0.508 e. The summed E-state index contributed by atoms with van der Waals surface area (Å²) in [5, 5.41) is 50.7. The van der Waals surface area contributed by atoms with Crippen LogP contribution in [0.1, 0.15) is 57.9 Å². The minimum atomic E-state index is -1.48. The first-order chi connectivity index (χ1) is 25.4. The number of benzene rings is 1. The molecule has 6 atom stereocenters. The van der Waals surface area contributed by atoms with Crippen LogP contribution in [0.2, 0.25) is 0 Å². The van der Waals surface area contributed by atoms with Gasteiger partial charge in [0.1, 0.15) is 36.0 Å². The molecule has 0 aliphatic rings. The fourth-order valence-electron chi connectivity index (χ4n) is 4.97. The Morgan fingerprint density at radius 2 is 1.30 bits per heavy atom. The summed E-state index contributed by atoms with van der Waals surface area (Å²) in [5.41, 5.74) is 17.0. The largest absolute Gasteiger partial charge is 0.508 e. The molecular weight excluding hydrogens is 728 g/mol. The van der Waals surface area contributed by atoms with Gasteiger partial charge >= 0.3 is 11.9 Å². The van der Waals surface area contributed by atoms with Crippen molar-refractivity contribution in [2.24, 2.45) is 23.1 Å².